The molecule has 0 saturated heterocycles. The molecule has 12 heavy (non-hydrogen) atoms. The van der Waals surface area contributed by atoms with E-state index in [9.17, 15) is 0 Å². The van der Waals surface area contributed by atoms with Crippen molar-refractivity contribution >= 4 is 17.3 Å². The number of anilines is 1. The molecule has 0 aliphatic rings. The van der Waals surface area contributed by atoms with Gasteiger partial charge in [0.05, 0.1) is 0 Å². The molecule has 1 aromatic carbocycles. The first-order valence-corrected chi connectivity index (χ1v) is 4.53. The molecular formula is C10H14ClN. The number of halogens is 1. The van der Waals surface area contributed by atoms with Crippen LogP contribution >= 0.6 is 11.6 Å². The minimum absolute atomic E-state index is 0.872. The zero-order valence-corrected chi connectivity index (χ0v) is 8.50. The zero-order chi connectivity index (χ0) is 9.14. The third kappa shape index (κ3) is 1.92. The number of hydrogen-bond acceptors (Lipinski definition) is 1. The first-order valence-electron chi connectivity index (χ1n) is 4.15. The van der Waals surface area contributed by atoms with Crippen molar-refractivity contribution in [3.63, 3.8) is 0 Å². The second kappa shape index (κ2) is 3.81. The average molecular weight is 184 g/mol. The second-order valence-electron chi connectivity index (χ2n) is 2.95. The van der Waals surface area contributed by atoms with Crippen LogP contribution in [0.4, 0.5) is 5.69 Å². The third-order valence-corrected chi connectivity index (χ3v) is 2.41. The van der Waals surface area contributed by atoms with Gasteiger partial charge in [0.1, 0.15) is 0 Å². The van der Waals surface area contributed by atoms with E-state index in [0.717, 1.165) is 28.4 Å². The molecule has 0 amide bonds. The number of nitrogens with one attached hydrogen (secondary N) is 1. The van der Waals surface area contributed by atoms with Gasteiger partial charge in [-0.05, 0) is 44.0 Å². The molecular weight excluding hydrogens is 170 g/mol. The van der Waals surface area contributed by atoms with Gasteiger partial charge in [-0.15, -0.1) is 0 Å². The summed E-state index contributed by atoms with van der Waals surface area (Å²) < 4.78 is 0. The Labute approximate surface area is 78.7 Å². The van der Waals surface area contributed by atoms with Gasteiger partial charge in [0.25, 0.3) is 0 Å². The SMILES string of the molecule is CCNc1cc(C)c(Cl)c(C)c1. The zero-order valence-electron chi connectivity index (χ0n) is 7.74. The molecule has 0 aliphatic carbocycles. The van der Waals surface area contributed by atoms with Crippen LogP contribution in [-0.2, 0) is 0 Å². The Balaban J connectivity index is 3.04. The Kier molecular flexibility index (Phi) is 2.99. The second-order valence-corrected chi connectivity index (χ2v) is 3.33. The summed E-state index contributed by atoms with van der Waals surface area (Å²) in [5, 5.41) is 4.13. The van der Waals surface area contributed by atoms with Crippen molar-refractivity contribution in [2.75, 3.05) is 11.9 Å². The lowest BCUT2D eigenvalue weighted by molar-refractivity contribution is 1.20. The van der Waals surface area contributed by atoms with Crippen LogP contribution in [0, 0.1) is 13.8 Å². The first kappa shape index (κ1) is 9.40. The normalized spacial score (nSPS) is 10.0. The van der Waals surface area contributed by atoms with Crippen LogP contribution in [0.2, 0.25) is 5.02 Å². The van der Waals surface area contributed by atoms with Crippen LogP contribution in [0.1, 0.15) is 18.1 Å². The van der Waals surface area contributed by atoms with Crippen LogP contribution in [0.5, 0.6) is 0 Å². The van der Waals surface area contributed by atoms with E-state index in [2.05, 4.69) is 24.4 Å². The average Bonchev–Trinajstić information content (AvgIpc) is 2.01. The van der Waals surface area contributed by atoms with E-state index in [4.69, 9.17) is 11.6 Å². The van der Waals surface area contributed by atoms with Gasteiger partial charge in [-0.2, -0.15) is 0 Å². The maximum atomic E-state index is 6.02. The standard InChI is InChI=1S/C10H14ClN/c1-4-12-9-5-7(2)10(11)8(3)6-9/h5-6,12H,4H2,1-3H3. The van der Waals surface area contributed by atoms with E-state index < -0.39 is 0 Å². The van der Waals surface area contributed by atoms with Crippen molar-refractivity contribution in [3.8, 4) is 0 Å². The van der Waals surface area contributed by atoms with Crippen molar-refractivity contribution in [1.29, 1.82) is 0 Å². The van der Waals surface area contributed by atoms with E-state index >= 15 is 0 Å². The monoisotopic (exact) mass is 183 g/mol. The molecule has 0 aromatic heterocycles. The summed E-state index contributed by atoms with van der Waals surface area (Å²) in [4.78, 5) is 0. The quantitative estimate of drug-likeness (QED) is 0.741. The fourth-order valence-electron chi connectivity index (χ4n) is 1.25. The summed E-state index contributed by atoms with van der Waals surface area (Å²) in [6.45, 7) is 7.08. The summed E-state index contributed by atoms with van der Waals surface area (Å²) in [5.74, 6) is 0. The molecule has 66 valence electrons. The van der Waals surface area contributed by atoms with Gasteiger partial charge in [0.2, 0.25) is 0 Å². The molecule has 0 radical (unpaired) electrons. The molecule has 0 fully saturated rings. The van der Waals surface area contributed by atoms with E-state index in [1.54, 1.807) is 0 Å². The molecule has 0 atom stereocenters. The highest BCUT2D eigenvalue weighted by Crippen LogP contribution is 2.24. The molecule has 0 aliphatic heterocycles. The van der Waals surface area contributed by atoms with Crippen molar-refractivity contribution in [2.24, 2.45) is 0 Å². The highest BCUT2D eigenvalue weighted by Gasteiger charge is 2.00. The molecule has 0 saturated carbocycles. The van der Waals surface area contributed by atoms with Gasteiger partial charge >= 0.3 is 0 Å². The van der Waals surface area contributed by atoms with Crippen molar-refractivity contribution in [1.82, 2.24) is 0 Å². The van der Waals surface area contributed by atoms with Gasteiger partial charge in [-0.25, -0.2) is 0 Å². The fraction of sp³-hybridized carbons (Fsp3) is 0.400. The smallest absolute Gasteiger partial charge is 0.0465 e. The van der Waals surface area contributed by atoms with E-state index in [0.29, 0.717) is 0 Å². The Hall–Kier alpha value is -0.690. The van der Waals surface area contributed by atoms with Crippen LogP contribution in [0.15, 0.2) is 12.1 Å². The predicted octanol–water partition coefficient (Wildman–Crippen LogP) is 3.39. The van der Waals surface area contributed by atoms with E-state index in [1.807, 2.05) is 13.8 Å². The number of hydrogen-bond donors (Lipinski definition) is 1. The van der Waals surface area contributed by atoms with Gasteiger partial charge in [0.15, 0.2) is 0 Å². The lowest BCUT2D eigenvalue weighted by Gasteiger charge is -2.08. The number of benzene rings is 1. The topological polar surface area (TPSA) is 12.0 Å². The van der Waals surface area contributed by atoms with Crippen LogP contribution in [0.3, 0.4) is 0 Å². The van der Waals surface area contributed by atoms with Gasteiger partial charge < -0.3 is 5.32 Å². The Bertz CT molecular complexity index is 258. The Morgan fingerprint density at radius 3 is 2.17 bits per heavy atom. The Morgan fingerprint density at radius 2 is 1.75 bits per heavy atom. The largest absolute Gasteiger partial charge is 0.385 e. The van der Waals surface area contributed by atoms with E-state index in [1.165, 1.54) is 0 Å². The van der Waals surface area contributed by atoms with Gasteiger partial charge in [0, 0.05) is 17.3 Å². The number of aryl methyl sites for hydroxylation is 2. The first-order chi connectivity index (χ1) is 5.65. The van der Waals surface area contributed by atoms with Gasteiger partial charge in [-0.1, -0.05) is 11.6 Å². The summed E-state index contributed by atoms with van der Waals surface area (Å²) >= 11 is 6.02. The molecule has 1 aromatic rings. The molecule has 1 N–H and O–H groups in total. The lowest BCUT2D eigenvalue weighted by atomic mass is 10.1. The third-order valence-electron chi connectivity index (χ3n) is 1.82. The predicted molar refractivity (Wildman–Crippen MR) is 55.1 cm³/mol. The summed E-state index contributed by atoms with van der Waals surface area (Å²) in [6.07, 6.45) is 0. The molecule has 1 nitrogen and oxygen atoms in total. The molecule has 0 heterocycles. The maximum Gasteiger partial charge on any atom is 0.0465 e. The summed E-state index contributed by atoms with van der Waals surface area (Å²) in [5.41, 5.74) is 3.41. The molecule has 0 spiro atoms. The van der Waals surface area contributed by atoms with Gasteiger partial charge in [-0.3, -0.25) is 0 Å². The van der Waals surface area contributed by atoms with Crippen LogP contribution in [-0.4, -0.2) is 6.54 Å². The Morgan fingerprint density at radius 1 is 1.25 bits per heavy atom. The van der Waals surface area contributed by atoms with E-state index in [-0.39, 0.29) is 0 Å². The van der Waals surface area contributed by atoms with Crippen molar-refractivity contribution < 1.29 is 0 Å². The highest BCUT2D eigenvalue weighted by molar-refractivity contribution is 6.32. The fourth-order valence-corrected chi connectivity index (χ4v) is 1.36. The molecule has 0 bridgehead atoms. The number of rotatable bonds is 2. The minimum Gasteiger partial charge on any atom is -0.385 e. The highest BCUT2D eigenvalue weighted by atomic mass is 35.5. The lowest BCUT2D eigenvalue weighted by Crippen LogP contribution is -1.97. The van der Waals surface area contributed by atoms with Crippen LogP contribution in [0.25, 0.3) is 0 Å². The molecule has 1 rings (SSSR count). The maximum absolute atomic E-state index is 6.02. The van der Waals surface area contributed by atoms with Crippen molar-refractivity contribution in [2.45, 2.75) is 20.8 Å². The minimum atomic E-state index is 0.872. The summed E-state index contributed by atoms with van der Waals surface area (Å²) in [6, 6.07) is 4.14. The van der Waals surface area contributed by atoms with Crippen LogP contribution < -0.4 is 5.32 Å². The van der Waals surface area contributed by atoms with Crippen molar-refractivity contribution in [3.05, 3.63) is 28.3 Å². The summed E-state index contributed by atoms with van der Waals surface area (Å²) in [7, 11) is 0. The molecule has 0 unspecified atom stereocenters. The molecule has 2 heteroatoms.